The number of hydrogen-bond acceptors (Lipinski definition) is 1. The van der Waals surface area contributed by atoms with Crippen LogP contribution >= 0.6 is 11.6 Å². The average Bonchev–Trinajstić information content (AvgIpc) is 2.93. The van der Waals surface area contributed by atoms with Gasteiger partial charge in [-0.2, -0.15) is 0 Å². The molecule has 1 saturated heterocycles. The quantitative estimate of drug-likeness (QED) is 0.864. The number of hydrogen-bond donors (Lipinski definition) is 1. The Kier molecular flexibility index (Phi) is 3.51. The minimum atomic E-state index is 0.259. The van der Waals surface area contributed by atoms with Crippen molar-refractivity contribution in [1.82, 2.24) is 5.32 Å². The van der Waals surface area contributed by atoms with Gasteiger partial charge in [0.2, 0.25) is 0 Å². The van der Waals surface area contributed by atoms with Crippen LogP contribution in [0, 0.1) is 6.92 Å². The van der Waals surface area contributed by atoms with Crippen LogP contribution in [-0.4, -0.2) is 12.6 Å². The Hall–Kier alpha value is -1.31. The van der Waals surface area contributed by atoms with Crippen molar-refractivity contribution in [1.29, 1.82) is 0 Å². The molecule has 2 heteroatoms. The van der Waals surface area contributed by atoms with Gasteiger partial charge in [-0.05, 0) is 68.0 Å². The van der Waals surface area contributed by atoms with Gasteiger partial charge in [-0.3, -0.25) is 0 Å². The summed E-state index contributed by atoms with van der Waals surface area (Å²) in [5, 5.41) is 4.58. The van der Waals surface area contributed by atoms with E-state index < -0.39 is 0 Å². The topological polar surface area (TPSA) is 12.0 Å². The molecule has 0 saturated carbocycles. The lowest BCUT2D eigenvalue weighted by molar-refractivity contribution is 0.326. The fraction of sp³-hybridized carbons (Fsp3) is 0.400. The van der Waals surface area contributed by atoms with Crippen molar-refractivity contribution in [3.05, 3.63) is 69.7 Å². The molecule has 1 fully saturated rings. The van der Waals surface area contributed by atoms with Crippen LogP contribution in [0.25, 0.3) is 0 Å². The van der Waals surface area contributed by atoms with E-state index in [0.29, 0.717) is 6.04 Å². The van der Waals surface area contributed by atoms with Gasteiger partial charge in [-0.1, -0.05) is 47.5 Å². The second kappa shape index (κ2) is 5.40. The van der Waals surface area contributed by atoms with E-state index in [1.807, 2.05) is 12.1 Å². The summed E-state index contributed by atoms with van der Waals surface area (Å²) in [6, 6.07) is 16.1. The highest BCUT2D eigenvalue weighted by atomic mass is 35.5. The van der Waals surface area contributed by atoms with Gasteiger partial charge < -0.3 is 5.32 Å². The monoisotopic (exact) mass is 311 g/mol. The zero-order valence-electron chi connectivity index (χ0n) is 13.0. The maximum atomic E-state index is 6.05. The molecule has 2 unspecified atom stereocenters. The van der Waals surface area contributed by atoms with E-state index in [4.69, 9.17) is 11.6 Å². The number of nitrogens with one attached hydrogen (secondary N) is 1. The zero-order chi connectivity index (χ0) is 15.2. The SMILES string of the molecule is Cc1ccc2c(c1)CCC1NCCC21Cc1ccc(Cl)cc1. The summed E-state index contributed by atoms with van der Waals surface area (Å²) < 4.78 is 0. The van der Waals surface area contributed by atoms with Crippen molar-refractivity contribution >= 4 is 11.6 Å². The Morgan fingerprint density at radius 2 is 2.00 bits per heavy atom. The molecule has 1 aliphatic heterocycles. The van der Waals surface area contributed by atoms with Gasteiger partial charge in [0.25, 0.3) is 0 Å². The molecule has 1 nitrogen and oxygen atoms in total. The van der Waals surface area contributed by atoms with Crippen LogP contribution in [0.15, 0.2) is 42.5 Å². The molecule has 2 atom stereocenters. The first-order valence-electron chi connectivity index (χ1n) is 8.25. The number of fused-ring (bicyclic) bond motifs is 3. The summed E-state index contributed by atoms with van der Waals surface area (Å²) in [4.78, 5) is 0. The van der Waals surface area contributed by atoms with Crippen LogP contribution in [-0.2, 0) is 18.3 Å². The van der Waals surface area contributed by atoms with Gasteiger partial charge in [-0.15, -0.1) is 0 Å². The Morgan fingerprint density at radius 1 is 1.18 bits per heavy atom. The second-order valence-electron chi connectivity index (χ2n) is 6.92. The van der Waals surface area contributed by atoms with E-state index >= 15 is 0 Å². The Bertz CT molecular complexity index is 691. The van der Waals surface area contributed by atoms with Crippen molar-refractivity contribution in [2.24, 2.45) is 0 Å². The summed E-state index contributed by atoms with van der Waals surface area (Å²) in [5.74, 6) is 0. The number of benzene rings is 2. The second-order valence-corrected chi connectivity index (χ2v) is 7.35. The minimum absolute atomic E-state index is 0.259. The van der Waals surface area contributed by atoms with Crippen molar-refractivity contribution in [2.45, 2.75) is 44.1 Å². The van der Waals surface area contributed by atoms with Gasteiger partial charge in [0.1, 0.15) is 0 Å². The predicted octanol–water partition coefficient (Wildman–Crippen LogP) is 4.44. The first-order valence-corrected chi connectivity index (χ1v) is 8.63. The largest absolute Gasteiger partial charge is 0.313 e. The molecular weight excluding hydrogens is 290 g/mol. The van der Waals surface area contributed by atoms with Crippen LogP contribution in [0.3, 0.4) is 0 Å². The van der Waals surface area contributed by atoms with Gasteiger partial charge in [-0.25, -0.2) is 0 Å². The van der Waals surface area contributed by atoms with Crippen LogP contribution in [0.2, 0.25) is 5.02 Å². The van der Waals surface area contributed by atoms with Crippen LogP contribution < -0.4 is 5.32 Å². The lowest BCUT2D eigenvalue weighted by Crippen LogP contribution is -2.45. The predicted molar refractivity (Wildman–Crippen MR) is 92.7 cm³/mol. The molecule has 2 aromatic carbocycles. The van der Waals surface area contributed by atoms with E-state index in [9.17, 15) is 0 Å². The number of halogens is 1. The van der Waals surface area contributed by atoms with E-state index in [2.05, 4.69) is 42.6 Å². The fourth-order valence-corrected chi connectivity index (χ4v) is 4.65. The Morgan fingerprint density at radius 3 is 2.82 bits per heavy atom. The van der Waals surface area contributed by atoms with E-state index in [1.165, 1.54) is 30.4 Å². The lowest BCUT2D eigenvalue weighted by atomic mass is 9.64. The molecule has 0 aromatic heterocycles. The first-order chi connectivity index (χ1) is 10.7. The van der Waals surface area contributed by atoms with Crippen molar-refractivity contribution in [3.8, 4) is 0 Å². The maximum Gasteiger partial charge on any atom is 0.0406 e. The van der Waals surface area contributed by atoms with Crippen molar-refractivity contribution < 1.29 is 0 Å². The summed E-state index contributed by atoms with van der Waals surface area (Å²) in [6.07, 6.45) is 4.80. The van der Waals surface area contributed by atoms with Gasteiger partial charge in [0.05, 0.1) is 0 Å². The van der Waals surface area contributed by atoms with Gasteiger partial charge >= 0.3 is 0 Å². The molecule has 2 aromatic rings. The van der Waals surface area contributed by atoms with Crippen molar-refractivity contribution in [3.63, 3.8) is 0 Å². The van der Waals surface area contributed by atoms with Crippen LogP contribution in [0.5, 0.6) is 0 Å². The molecule has 2 aliphatic rings. The smallest absolute Gasteiger partial charge is 0.0406 e. The van der Waals surface area contributed by atoms with E-state index in [0.717, 1.165) is 18.0 Å². The molecule has 1 aliphatic carbocycles. The Balaban J connectivity index is 1.78. The minimum Gasteiger partial charge on any atom is -0.313 e. The van der Waals surface area contributed by atoms with E-state index in [1.54, 1.807) is 11.1 Å². The summed E-state index contributed by atoms with van der Waals surface area (Å²) in [6.45, 7) is 3.33. The fourth-order valence-electron chi connectivity index (χ4n) is 4.53. The summed E-state index contributed by atoms with van der Waals surface area (Å²) in [7, 11) is 0. The summed E-state index contributed by atoms with van der Waals surface area (Å²) in [5.41, 5.74) is 6.18. The molecule has 1 N–H and O–H groups in total. The molecule has 0 spiro atoms. The van der Waals surface area contributed by atoms with Gasteiger partial charge in [0.15, 0.2) is 0 Å². The van der Waals surface area contributed by atoms with Crippen LogP contribution in [0.4, 0.5) is 0 Å². The summed E-state index contributed by atoms with van der Waals surface area (Å²) >= 11 is 6.05. The molecule has 0 amide bonds. The number of aryl methyl sites for hydroxylation is 2. The molecule has 22 heavy (non-hydrogen) atoms. The van der Waals surface area contributed by atoms with Crippen molar-refractivity contribution in [2.75, 3.05) is 6.54 Å². The van der Waals surface area contributed by atoms with Gasteiger partial charge in [0, 0.05) is 16.5 Å². The molecule has 1 heterocycles. The standard InChI is InChI=1S/C20H22ClN/c1-14-2-8-18-16(12-14)5-9-19-20(18,10-11-22-19)13-15-3-6-17(21)7-4-15/h2-4,6-8,12,19,22H,5,9-11,13H2,1H3. The highest BCUT2D eigenvalue weighted by Crippen LogP contribution is 2.45. The molecule has 0 radical (unpaired) electrons. The number of rotatable bonds is 2. The molecule has 0 bridgehead atoms. The van der Waals surface area contributed by atoms with E-state index in [-0.39, 0.29) is 5.41 Å². The zero-order valence-corrected chi connectivity index (χ0v) is 13.8. The third-order valence-corrected chi connectivity index (χ3v) is 5.81. The third-order valence-electron chi connectivity index (χ3n) is 5.56. The maximum absolute atomic E-state index is 6.05. The van der Waals surface area contributed by atoms with Crippen LogP contribution in [0.1, 0.15) is 35.1 Å². The molecular formula is C20H22ClN. The molecule has 4 rings (SSSR count). The lowest BCUT2D eigenvalue weighted by Gasteiger charge is -2.41. The highest BCUT2D eigenvalue weighted by Gasteiger charge is 2.47. The molecule has 114 valence electrons. The first kappa shape index (κ1) is 14.3. The average molecular weight is 312 g/mol. The Labute approximate surface area is 137 Å². The normalized spacial score (nSPS) is 26.5. The highest BCUT2D eigenvalue weighted by molar-refractivity contribution is 6.30. The third kappa shape index (κ3) is 2.28.